The lowest BCUT2D eigenvalue weighted by atomic mass is 10.9. The zero-order valence-corrected chi connectivity index (χ0v) is 10.0. The van der Waals surface area contributed by atoms with Crippen molar-refractivity contribution >= 4 is 15.2 Å². The average Bonchev–Trinajstić information content (AvgIpc) is 2.01. The van der Waals surface area contributed by atoms with Crippen molar-refractivity contribution in [1.82, 2.24) is 0 Å². The first-order valence-electron chi connectivity index (χ1n) is 4.25. The maximum atomic E-state index is 11.1. The van der Waals surface area contributed by atoms with Crippen LogP contribution in [0.3, 0.4) is 0 Å². The molecule has 0 saturated heterocycles. The fourth-order valence-corrected chi connectivity index (χ4v) is 3.87. The van der Waals surface area contributed by atoms with Gasteiger partial charge in [-0.3, -0.25) is 9.13 Å². The summed E-state index contributed by atoms with van der Waals surface area (Å²) in [7, 11) is -7.45. The van der Waals surface area contributed by atoms with Crippen molar-refractivity contribution in [3.8, 4) is 0 Å². The van der Waals surface area contributed by atoms with E-state index in [-0.39, 0.29) is 25.5 Å². The van der Waals surface area contributed by atoms with E-state index in [2.05, 4.69) is 9.05 Å². The molecule has 0 aromatic rings. The molecule has 0 spiro atoms. The molecule has 14 heavy (non-hydrogen) atoms. The molecule has 2 unspecified atom stereocenters. The Morgan fingerprint density at radius 3 is 1.43 bits per heavy atom. The third kappa shape index (κ3) is 6.71. The first-order valence-corrected chi connectivity index (χ1v) is 7.78. The molecular formula is C6H16O6P2. The predicted molar refractivity (Wildman–Crippen MR) is 52.6 cm³/mol. The van der Waals surface area contributed by atoms with Gasteiger partial charge in [-0.05, 0) is 13.8 Å². The normalized spacial score (nSPS) is 20.0. The van der Waals surface area contributed by atoms with Crippen LogP contribution in [0.25, 0.3) is 0 Å². The minimum absolute atomic E-state index is 0.0954. The van der Waals surface area contributed by atoms with Crippen LogP contribution >= 0.6 is 15.2 Å². The number of hydrogen-bond donors (Lipinski definition) is 2. The first kappa shape index (κ1) is 14.3. The van der Waals surface area contributed by atoms with Crippen LogP contribution in [0, 0.1) is 0 Å². The van der Waals surface area contributed by atoms with E-state index in [1.807, 2.05) is 0 Å². The van der Waals surface area contributed by atoms with Gasteiger partial charge < -0.3 is 18.8 Å². The van der Waals surface area contributed by atoms with Gasteiger partial charge in [0.25, 0.3) is 0 Å². The lowest BCUT2D eigenvalue weighted by Crippen LogP contribution is -2.02. The Morgan fingerprint density at radius 1 is 0.929 bits per heavy atom. The molecule has 0 aliphatic heterocycles. The summed E-state index contributed by atoms with van der Waals surface area (Å²) in [5, 5.41) is 0. The van der Waals surface area contributed by atoms with Gasteiger partial charge in [-0.2, -0.15) is 0 Å². The number of hydrogen-bond acceptors (Lipinski definition) is 4. The molecule has 0 amide bonds. The fourth-order valence-electron chi connectivity index (χ4n) is 0.785. The van der Waals surface area contributed by atoms with Crippen LogP contribution < -0.4 is 0 Å². The van der Waals surface area contributed by atoms with Crippen LogP contribution in [-0.4, -0.2) is 35.3 Å². The van der Waals surface area contributed by atoms with E-state index in [9.17, 15) is 9.13 Å². The maximum Gasteiger partial charge on any atom is 0.328 e. The summed E-state index contributed by atoms with van der Waals surface area (Å²) in [4.78, 5) is 18.2. The van der Waals surface area contributed by atoms with E-state index in [0.29, 0.717) is 0 Å². The SMILES string of the molecule is CCOP(=O)(O)CCP(=O)(O)OCC. The summed E-state index contributed by atoms with van der Waals surface area (Å²) >= 11 is 0. The molecule has 0 fully saturated rings. The van der Waals surface area contributed by atoms with Gasteiger partial charge in [0.15, 0.2) is 0 Å². The Labute approximate surface area is 83.3 Å². The van der Waals surface area contributed by atoms with Crippen molar-refractivity contribution in [1.29, 1.82) is 0 Å². The molecule has 0 aromatic heterocycles. The van der Waals surface area contributed by atoms with E-state index in [4.69, 9.17) is 9.79 Å². The van der Waals surface area contributed by atoms with Crippen LogP contribution in [-0.2, 0) is 18.2 Å². The topological polar surface area (TPSA) is 93.1 Å². The molecule has 0 aliphatic carbocycles. The summed E-state index contributed by atoms with van der Waals surface area (Å²) in [6.07, 6.45) is -0.733. The smallest absolute Gasteiger partial charge is 0.324 e. The van der Waals surface area contributed by atoms with E-state index in [1.165, 1.54) is 0 Å². The lowest BCUT2D eigenvalue weighted by molar-refractivity contribution is 0.264. The van der Waals surface area contributed by atoms with Crippen molar-refractivity contribution in [3.05, 3.63) is 0 Å². The quantitative estimate of drug-likeness (QED) is 0.660. The Kier molecular flexibility index (Phi) is 6.14. The van der Waals surface area contributed by atoms with E-state index >= 15 is 0 Å². The van der Waals surface area contributed by atoms with Crippen molar-refractivity contribution in [2.45, 2.75) is 13.8 Å². The van der Waals surface area contributed by atoms with Crippen molar-refractivity contribution < 1.29 is 28.0 Å². The minimum atomic E-state index is -3.72. The minimum Gasteiger partial charge on any atom is -0.324 e. The van der Waals surface area contributed by atoms with Gasteiger partial charge in [-0.15, -0.1) is 0 Å². The third-order valence-corrected chi connectivity index (χ3v) is 4.58. The molecule has 0 aromatic carbocycles. The summed E-state index contributed by atoms with van der Waals surface area (Å²) < 4.78 is 31.3. The maximum absolute atomic E-state index is 11.1. The molecule has 2 N–H and O–H groups in total. The standard InChI is InChI=1S/C6H16O6P2/c1-3-11-13(7,8)5-6-14(9,10)12-4-2/h3-6H2,1-2H3,(H,7,8)(H,9,10). The van der Waals surface area contributed by atoms with Crippen LogP contribution in [0.2, 0.25) is 0 Å². The summed E-state index contributed by atoms with van der Waals surface area (Å²) in [6.45, 7) is 3.34. The highest BCUT2D eigenvalue weighted by molar-refractivity contribution is 7.57. The zero-order valence-electron chi connectivity index (χ0n) is 8.25. The second-order valence-electron chi connectivity index (χ2n) is 2.56. The Hall–Kier alpha value is 0.300. The van der Waals surface area contributed by atoms with E-state index in [0.717, 1.165) is 0 Å². The molecule has 0 aliphatic rings. The van der Waals surface area contributed by atoms with Gasteiger partial charge in [-0.25, -0.2) is 0 Å². The molecule has 0 bridgehead atoms. The number of rotatable bonds is 7. The van der Waals surface area contributed by atoms with Gasteiger partial charge in [0.05, 0.1) is 25.5 Å². The predicted octanol–water partition coefficient (Wildman–Crippen LogP) is 1.43. The Bertz CT molecular complexity index is 227. The van der Waals surface area contributed by atoms with E-state index in [1.54, 1.807) is 13.8 Å². The molecule has 0 saturated carbocycles. The average molecular weight is 246 g/mol. The van der Waals surface area contributed by atoms with Crippen LogP contribution in [0.4, 0.5) is 0 Å². The third-order valence-electron chi connectivity index (χ3n) is 1.33. The molecule has 0 heterocycles. The second kappa shape index (κ2) is 6.01. The van der Waals surface area contributed by atoms with E-state index < -0.39 is 15.2 Å². The second-order valence-corrected chi connectivity index (χ2v) is 6.52. The first-order chi connectivity index (χ1) is 6.33. The molecule has 0 radical (unpaired) electrons. The molecule has 0 rings (SSSR count). The fraction of sp³-hybridized carbons (Fsp3) is 1.00. The van der Waals surface area contributed by atoms with Crippen molar-refractivity contribution in [3.63, 3.8) is 0 Å². The molecule has 2 atom stereocenters. The van der Waals surface area contributed by atoms with Crippen molar-refractivity contribution in [2.75, 3.05) is 25.5 Å². The summed E-state index contributed by atoms with van der Waals surface area (Å²) in [5.41, 5.74) is 0. The zero-order chi connectivity index (χ0) is 11.2. The Morgan fingerprint density at radius 2 is 1.21 bits per heavy atom. The molecule has 8 heteroatoms. The van der Waals surface area contributed by atoms with Gasteiger partial charge in [0, 0.05) is 0 Å². The van der Waals surface area contributed by atoms with Crippen LogP contribution in [0.5, 0.6) is 0 Å². The van der Waals surface area contributed by atoms with Gasteiger partial charge in [0.2, 0.25) is 0 Å². The Balaban J connectivity index is 4.04. The summed E-state index contributed by atoms with van der Waals surface area (Å²) in [6, 6.07) is 0. The van der Waals surface area contributed by atoms with Crippen LogP contribution in [0.1, 0.15) is 13.8 Å². The van der Waals surface area contributed by atoms with Crippen molar-refractivity contribution in [2.24, 2.45) is 0 Å². The molecule has 86 valence electrons. The largest absolute Gasteiger partial charge is 0.328 e. The van der Waals surface area contributed by atoms with Gasteiger partial charge >= 0.3 is 15.2 Å². The highest BCUT2D eigenvalue weighted by atomic mass is 31.2. The monoisotopic (exact) mass is 246 g/mol. The van der Waals surface area contributed by atoms with Gasteiger partial charge in [0.1, 0.15) is 0 Å². The highest BCUT2D eigenvalue weighted by Gasteiger charge is 2.26. The highest BCUT2D eigenvalue weighted by Crippen LogP contribution is 2.49. The molecule has 6 nitrogen and oxygen atoms in total. The summed E-state index contributed by atoms with van der Waals surface area (Å²) in [5.74, 6) is 0. The van der Waals surface area contributed by atoms with Crippen LogP contribution in [0.15, 0.2) is 0 Å². The molecular weight excluding hydrogens is 230 g/mol. The lowest BCUT2D eigenvalue weighted by Gasteiger charge is -2.13. The van der Waals surface area contributed by atoms with Gasteiger partial charge in [-0.1, -0.05) is 0 Å².